The van der Waals surface area contributed by atoms with Gasteiger partial charge in [0.05, 0.1) is 25.0 Å². The second kappa shape index (κ2) is 10.2. The Kier molecular flexibility index (Phi) is 6.73. The largest absolute Gasteiger partial charge is 0.378 e. The summed E-state index contributed by atoms with van der Waals surface area (Å²) >= 11 is 1.38. The van der Waals surface area contributed by atoms with Gasteiger partial charge in [0.2, 0.25) is 5.91 Å². The van der Waals surface area contributed by atoms with Crippen molar-refractivity contribution in [3.8, 4) is 0 Å². The third-order valence-corrected chi connectivity index (χ3v) is 6.79. The Bertz CT molecular complexity index is 1340. The van der Waals surface area contributed by atoms with Crippen molar-refractivity contribution in [2.75, 3.05) is 36.5 Å². The highest BCUT2D eigenvalue weighted by Crippen LogP contribution is 2.30. The van der Waals surface area contributed by atoms with Crippen LogP contribution in [0.2, 0.25) is 0 Å². The van der Waals surface area contributed by atoms with Crippen molar-refractivity contribution in [1.29, 1.82) is 0 Å². The Balaban J connectivity index is 1.20. The standard InChI is InChI=1S/C25H24FN5O3S/c26-18-3-1-2-16(12-18)15-27-22(32)14-20-13-21-23(29-30-25(21)35-20)28-24(33)17-4-6-19(7-5-17)31-8-10-34-11-9-31/h1-7,12-13H,8-11,14-15H2,(H,27,32)(H2,28,29,30,33). The molecule has 1 saturated heterocycles. The van der Waals surface area contributed by atoms with Gasteiger partial charge in [-0.2, -0.15) is 5.10 Å². The molecule has 0 atom stereocenters. The Labute approximate surface area is 205 Å². The average Bonchev–Trinajstić information content (AvgIpc) is 3.44. The molecular weight excluding hydrogens is 469 g/mol. The molecule has 8 nitrogen and oxygen atoms in total. The normalized spacial score (nSPS) is 13.7. The summed E-state index contributed by atoms with van der Waals surface area (Å²) in [5.74, 6) is -0.263. The van der Waals surface area contributed by atoms with Crippen LogP contribution in [0.5, 0.6) is 0 Å². The van der Waals surface area contributed by atoms with Gasteiger partial charge in [0, 0.05) is 35.8 Å². The van der Waals surface area contributed by atoms with Crippen LogP contribution in [0, 0.1) is 5.82 Å². The predicted molar refractivity (Wildman–Crippen MR) is 133 cm³/mol. The second-order valence-electron chi connectivity index (χ2n) is 8.21. The molecule has 0 spiro atoms. The summed E-state index contributed by atoms with van der Waals surface area (Å²) in [6.07, 6.45) is 0.173. The summed E-state index contributed by atoms with van der Waals surface area (Å²) in [5.41, 5.74) is 2.30. The molecular formula is C25H24FN5O3S. The fourth-order valence-electron chi connectivity index (χ4n) is 3.94. The number of nitrogens with one attached hydrogen (secondary N) is 3. The number of anilines is 2. The first-order valence-electron chi connectivity index (χ1n) is 11.3. The second-order valence-corrected chi connectivity index (χ2v) is 9.33. The molecule has 0 saturated carbocycles. The van der Waals surface area contributed by atoms with Crippen molar-refractivity contribution in [2.24, 2.45) is 0 Å². The molecule has 1 fully saturated rings. The number of aromatic nitrogens is 2. The SMILES string of the molecule is O=C(Cc1cc2c(NC(=O)c3ccc(N4CCOCC4)cc3)[nH]nc2s1)NCc1cccc(F)c1. The maximum absolute atomic E-state index is 13.3. The minimum Gasteiger partial charge on any atom is -0.378 e. The van der Waals surface area contributed by atoms with Crippen LogP contribution >= 0.6 is 11.3 Å². The summed E-state index contributed by atoms with van der Waals surface area (Å²) in [4.78, 5) is 28.9. The lowest BCUT2D eigenvalue weighted by molar-refractivity contribution is -0.120. The van der Waals surface area contributed by atoms with Crippen molar-refractivity contribution in [1.82, 2.24) is 15.5 Å². The predicted octanol–water partition coefficient (Wildman–Crippen LogP) is 3.71. The van der Waals surface area contributed by atoms with Crippen LogP contribution < -0.4 is 15.5 Å². The quantitative estimate of drug-likeness (QED) is 0.365. The van der Waals surface area contributed by atoms with Gasteiger partial charge in [-0.05, 0) is 48.0 Å². The number of morpholine rings is 1. The van der Waals surface area contributed by atoms with Gasteiger partial charge < -0.3 is 20.3 Å². The van der Waals surface area contributed by atoms with E-state index < -0.39 is 0 Å². The molecule has 35 heavy (non-hydrogen) atoms. The van der Waals surface area contributed by atoms with Crippen LogP contribution in [0.4, 0.5) is 15.9 Å². The number of hydrogen-bond donors (Lipinski definition) is 3. The Morgan fingerprint density at radius 1 is 1.11 bits per heavy atom. The molecule has 2 aromatic carbocycles. The zero-order chi connectivity index (χ0) is 24.2. The van der Waals surface area contributed by atoms with Crippen molar-refractivity contribution in [2.45, 2.75) is 13.0 Å². The number of carbonyl (C=O) groups excluding carboxylic acids is 2. The minimum atomic E-state index is -0.335. The van der Waals surface area contributed by atoms with Gasteiger partial charge in [0.25, 0.3) is 5.91 Å². The number of benzene rings is 2. The lowest BCUT2D eigenvalue weighted by Crippen LogP contribution is -2.36. The third kappa shape index (κ3) is 5.50. The van der Waals surface area contributed by atoms with E-state index in [9.17, 15) is 14.0 Å². The highest BCUT2D eigenvalue weighted by molar-refractivity contribution is 7.18. The zero-order valence-electron chi connectivity index (χ0n) is 18.8. The van der Waals surface area contributed by atoms with E-state index in [1.54, 1.807) is 24.3 Å². The Hall–Kier alpha value is -3.76. The number of thiophene rings is 1. The number of rotatable bonds is 7. The summed E-state index contributed by atoms with van der Waals surface area (Å²) < 4.78 is 18.7. The maximum Gasteiger partial charge on any atom is 0.256 e. The third-order valence-electron chi connectivity index (χ3n) is 5.76. The molecule has 4 aromatic rings. The molecule has 10 heteroatoms. The van der Waals surface area contributed by atoms with Crippen LogP contribution in [0.3, 0.4) is 0 Å². The lowest BCUT2D eigenvalue weighted by Gasteiger charge is -2.28. The number of amides is 2. The molecule has 1 aliphatic rings. The van der Waals surface area contributed by atoms with Gasteiger partial charge in [-0.3, -0.25) is 14.7 Å². The number of halogens is 1. The van der Waals surface area contributed by atoms with E-state index in [1.165, 1.54) is 23.5 Å². The molecule has 5 rings (SSSR count). The summed E-state index contributed by atoms with van der Waals surface area (Å²) in [7, 11) is 0. The van der Waals surface area contributed by atoms with E-state index in [2.05, 4.69) is 25.7 Å². The van der Waals surface area contributed by atoms with Crippen LogP contribution in [0.25, 0.3) is 10.2 Å². The van der Waals surface area contributed by atoms with E-state index in [4.69, 9.17) is 4.74 Å². The van der Waals surface area contributed by atoms with E-state index in [0.29, 0.717) is 35.0 Å². The Morgan fingerprint density at radius 2 is 1.91 bits per heavy atom. The number of nitrogens with zero attached hydrogens (tertiary/aromatic N) is 2. The van der Waals surface area contributed by atoms with E-state index in [1.807, 2.05) is 18.2 Å². The molecule has 2 amide bonds. The zero-order valence-corrected chi connectivity index (χ0v) is 19.7. The summed E-state index contributed by atoms with van der Waals surface area (Å²) in [5, 5.41) is 13.5. The number of hydrogen-bond acceptors (Lipinski definition) is 6. The number of aromatic amines is 1. The lowest BCUT2D eigenvalue weighted by atomic mass is 10.1. The smallest absolute Gasteiger partial charge is 0.256 e. The molecule has 0 aliphatic carbocycles. The first kappa shape index (κ1) is 23.0. The van der Waals surface area contributed by atoms with E-state index >= 15 is 0 Å². The number of fused-ring (bicyclic) bond motifs is 1. The van der Waals surface area contributed by atoms with Gasteiger partial charge >= 0.3 is 0 Å². The molecule has 0 unspecified atom stereocenters. The highest BCUT2D eigenvalue weighted by atomic mass is 32.1. The van der Waals surface area contributed by atoms with Crippen molar-refractivity contribution < 1.29 is 18.7 Å². The van der Waals surface area contributed by atoms with Crippen LogP contribution in [-0.4, -0.2) is 48.3 Å². The van der Waals surface area contributed by atoms with Crippen LogP contribution in [0.1, 0.15) is 20.8 Å². The highest BCUT2D eigenvalue weighted by Gasteiger charge is 2.16. The minimum absolute atomic E-state index is 0.173. The molecule has 180 valence electrons. The molecule has 2 aromatic heterocycles. The summed E-state index contributed by atoms with van der Waals surface area (Å²) in [6, 6.07) is 15.5. The number of H-pyrrole nitrogens is 1. The van der Waals surface area contributed by atoms with E-state index in [-0.39, 0.29) is 30.6 Å². The van der Waals surface area contributed by atoms with Gasteiger partial charge in [0.1, 0.15) is 16.5 Å². The van der Waals surface area contributed by atoms with Gasteiger partial charge in [-0.25, -0.2) is 4.39 Å². The summed E-state index contributed by atoms with van der Waals surface area (Å²) in [6.45, 7) is 3.33. The molecule has 0 radical (unpaired) electrons. The number of carbonyl (C=O) groups is 2. The fraction of sp³-hybridized carbons (Fsp3) is 0.240. The van der Waals surface area contributed by atoms with Crippen LogP contribution in [-0.2, 0) is 22.5 Å². The van der Waals surface area contributed by atoms with Gasteiger partial charge in [-0.1, -0.05) is 12.1 Å². The number of ether oxygens (including phenoxy) is 1. The molecule has 0 bridgehead atoms. The van der Waals surface area contributed by atoms with Crippen molar-refractivity contribution in [3.05, 3.63) is 76.4 Å². The van der Waals surface area contributed by atoms with Crippen molar-refractivity contribution >= 4 is 44.9 Å². The molecule has 1 aliphatic heterocycles. The monoisotopic (exact) mass is 493 g/mol. The first-order chi connectivity index (χ1) is 17.0. The van der Waals surface area contributed by atoms with Gasteiger partial charge in [-0.15, -0.1) is 11.3 Å². The Morgan fingerprint density at radius 3 is 2.69 bits per heavy atom. The molecule has 3 heterocycles. The molecule has 3 N–H and O–H groups in total. The maximum atomic E-state index is 13.3. The van der Waals surface area contributed by atoms with Crippen molar-refractivity contribution in [3.63, 3.8) is 0 Å². The fourth-order valence-corrected chi connectivity index (χ4v) is 4.93. The van der Waals surface area contributed by atoms with Gasteiger partial charge in [0.15, 0.2) is 0 Å². The van der Waals surface area contributed by atoms with E-state index in [0.717, 1.165) is 29.0 Å². The average molecular weight is 494 g/mol. The van der Waals surface area contributed by atoms with Crippen LogP contribution in [0.15, 0.2) is 54.6 Å². The first-order valence-corrected chi connectivity index (χ1v) is 12.1. The topological polar surface area (TPSA) is 99.4 Å².